The maximum atomic E-state index is 9.93. The molecule has 0 amide bonds. The zero-order valence-corrected chi connectivity index (χ0v) is 9.73. The molecule has 3 N–H and O–H groups in total. The number of nitrogens with two attached hydrogens (primary N) is 1. The molecule has 0 saturated heterocycles. The SMILES string of the molecule is C=CCCCCCC(O)c1cccc(N)c1. The van der Waals surface area contributed by atoms with Crippen LogP contribution in [-0.2, 0) is 0 Å². The molecule has 16 heavy (non-hydrogen) atoms. The van der Waals surface area contributed by atoms with Crippen molar-refractivity contribution in [1.82, 2.24) is 0 Å². The number of anilines is 1. The van der Waals surface area contributed by atoms with Crippen molar-refractivity contribution in [3.63, 3.8) is 0 Å². The van der Waals surface area contributed by atoms with Crippen molar-refractivity contribution in [2.24, 2.45) is 0 Å². The monoisotopic (exact) mass is 219 g/mol. The Morgan fingerprint density at radius 2 is 2.12 bits per heavy atom. The van der Waals surface area contributed by atoms with Gasteiger partial charge in [-0.05, 0) is 37.0 Å². The van der Waals surface area contributed by atoms with Gasteiger partial charge in [-0.3, -0.25) is 0 Å². The summed E-state index contributed by atoms with van der Waals surface area (Å²) in [4.78, 5) is 0. The second-order valence-corrected chi connectivity index (χ2v) is 4.11. The first-order valence-corrected chi connectivity index (χ1v) is 5.88. The van der Waals surface area contributed by atoms with E-state index in [1.54, 1.807) is 0 Å². The molecule has 1 rings (SSSR count). The summed E-state index contributed by atoms with van der Waals surface area (Å²) in [5.41, 5.74) is 7.30. The highest BCUT2D eigenvalue weighted by atomic mass is 16.3. The molecule has 0 aliphatic carbocycles. The molecule has 0 bridgehead atoms. The number of hydrogen-bond acceptors (Lipinski definition) is 2. The van der Waals surface area contributed by atoms with Gasteiger partial charge in [0.05, 0.1) is 6.10 Å². The normalized spacial score (nSPS) is 12.3. The lowest BCUT2D eigenvalue weighted by molar-refractivity contribution is 0.163. The van der Waals surface area contributed by atoms with Gasteiger partial charge in [0.1, 0.15) is 0 Å². The molecule has 0 radical (unpaired) electrons. The van der Waals surface area contributed by atoms with Crippen LogP contribution in [0.15, 0.2) is 36.9 Å². The molecule has 1 atom stereocenters. The molecule has 88 valence electrons. The molecule has 0 fully saturated rings. The average Bonchev–Trinajstić information content (AvgIpc) is 2.28. The highest BCUT2D eigenvalue weighted by Crippen LogP contribution is 2.21. The number of aliphatic hydroxyl groups is 1. The lowest BCUT2D eigenvalue weighted by Gasteiger charge is -2.11. The number of hydrogen-bond donors (Lipinski definition) is 2. The fourth-order valence-corrected chi connectivity index (χ4v) is 1.74. The van der Waals surface area contributed by atoms with Crippen molar-refractivity contribution in [3.8, 4) is 0 Å². The fraction of sp³-hybridized carbons (Fsp3) is 0.429. The van der Waals surface area contributed by atoms with E-state index < -0.39 is 0 Å². The zero-order chi connectivity index (χ0) is 11.8. The van der Waals surface area contributed by atoms with Crippen LogP contribution in [-0.4, -0.2) is 5.11 Å². The van der Waals surface area contributed by atoms with Crippen molar-refractivity contribution >= 4 is 5.69 Å². The van der Waals surface area contributed by atoms with Gasteiger partial charge in [-0.25, -0.2) is 0 Å². The summed E-state index contributed by atoms with van der Waals surface area (Å²) in [5, 5.41) is 9.93. The van der Waals surface area contributed by atoms with E-state index >= 15 is 0 Å². The number of aliphatic hydroxyl groups excluding tert-OH is 1. The van der Waals surface area contributed by atoms with Gasteiger partial charge in [-0.1, -0.05) is 31.1 Å². The molecule has 0 spiro atoms. The number of nitrogen functional groups attached to an aromatic ring is 1. The van der Waals surface area contributed by atoms with Crippen molar-refractivity contribution < 1.29 is 5.11 Å². The molecule has 0 aromatic heterocycles. The highest BCUT2D eigenvalue weighted by molar-refractivity contribution is 5.41. The highest BCUT2D eigenvalue weighted by Gasteiger charge is 2.06. The lowest BCUT2D eigenvalue weighted by Crippen LogP contribution is -1.98. The van der Waals surface area contributed by atoms with Crippen LogP contribution in [0.1, 0.15) is 43.8 Å². The minimum absolute atomic E-state index is 0.382. The molecular formula is C14H21NO. The summed E-state index contributed by atoms with van der Waals surface area (Å²) >= 11 is 0. The molecule has 2 nitrogen and oxygen atoms in total. The molecular weight excluding hydrogens is 198 g/mol. The molecule has 1 unspecified atom stereocenters. The van der Waals surface area contributed by atoms with Gasteiger partial charge in [0.15, 0.2) is 0 Å². The predicted molar refractivity (Wildman–Crippen MR) is 69.1 cm³/mol. The van der Waals surface area contributed by atoms with Gasteiger partial charge < -0.3 is 10.8 Å². The average molecular weight is 219 g/mol. The largest absolute Gasteiger partial charge is 0.399 e. The van der Waals surface area contributed by atoms with E-state index in [0.717, 1.165) is 37.7 Å². The van der Waals surface area contributed by atoms with Crippen LogP contribution in [0.5, 0.6) is 0 Å². The maximum Gasteiger partial charge on any atom is 0.0790 e. The summed E-state index contributed by atoms with van der Waals surface area (Å²) in [6, 6.07) is 7.48. The maximum absolute atomic E-state index is 9.93. The van der Waals surface area contributed by atoms with Crippen molar-refractivity contribution in [2.75, 3.05) is 5.73 Å². The predicted octanol–water partition coefficient (Wildman–Crippen LogP) is 3.44. The van der Waals surface area contributed by atoms with Crippen LogP contribution in [0.25, 0.3) is 0 Å². The van der Waals surface area contributed by atoms with Gasteiger partial charge in [-0.15, -0.1) is 6.58 Å². The molecule has 1 aromatic carbocycles. The van der Waals surface area contributed by atoms with Crippen molar-refractivity contribution in [2.45, 2.75) is 38.2 Å². The topological polar surface area (TPSA) is 46.2 Å². The van der Waals surface area contributed by atoms with Crippen molar-refractivity contribution in [3.05, 3.63) is 42.5 Å². The first kappa shape index (κ1) is 12.8. The van der Waals surface area contributed by atoms with E-state index in [2.05, 4.69) is 6.58 Å². The standard InChI is InChI=1S/C14H21NO/c1-2-3-4-5-6-10-14(16)12-8-7-9-13(15)11-12/h2,7-9,11,14,16H,1,3-6,10,15H2. The minimum Gasteiger partial charge on any atom is -0.399 e. The Balaban J connectivity index is 2.29. The number of allylic oxidation sites excluding steroid dienone is 1. The van der Waals surface area contributed by atoms with Crippen LogP contribution >= 0.6 is 0 Å². The third-order valence-corrected chi connectivity index (χ3v) is 2.68. The molecule has 0 aliphatic heterocycles. The van der Waals surface area contributed by atoms with Crippen molar-refractivity contribution in [1.29, 1.82) is 0 Å². The van der Waals surface area contributed by atoms with Gasteiger partial charge in [-0.2, -0.15) is 0 Å². The molecule has 1 aromatic rings. The second kappa shape index (κ2) is 7.07. The Morgan fingerprint density at radius 1 is 1.31 bits per heavy atom. The lowest BCUT2D eigenvalue weighted by atomic mass is 10.0. The molecule has 0 heterocycles. The summed E-state index contributed by atoms with van der Waals surface area (Å²) < 4.78 is 0. The third kappa shape index (κ3) is 4.49. The Hall–Kier alpha value is -1.28. The summed E-state index contributed by atoms with van der Waals surface area (Å²) in [5.74, 6) is 0. The van der Waals surface area contributed by atoms with E-state index in [1.807, 2.05) is 30.3 Å². The van der Waals surface area contributed by atoms with Gasteiger partial charge in [0.25, 0.3) is 0 Å². The van der Waals surface area contributed by atoms with E-state index in [9.17, 15) is 5.11 Å². The Kier molecular flexibility index (Phi) is 5.65. The van der Waals surface area contributed by atoms with Gasteiger partial charge >= 0.3 is 0 Å². The minimum atomic E-state index is -0.382. The van der Waals surface area contributed by atoms with Crippen LogP contribution in [0, 0.1) is 0 Å². The third-order valence-electron chi connectivity index (χ3n) is 2.68. The van der Waals surface area contributed by atoms with Crippen LogP contribution in [0.3, 0.4) is 0 Å². The van der Waals surface area contributed by atoms with E-state index in [1.165, 1.54) is 0 Å². The quantitative estimate of drug-likeness (QED) is 0.419. The van der Waals surface area contributed by atoms with Crippen LogP contribution in [0.4, 0.5) is 5.69 Å². The Labute approximate surface area is 97.8 Å². The summed E-state index contributed by atoms with van der Waals surface area (Å²) in [6.45, 7) is 3.69. The summed E-state index contributed by atoms with van der Waals surface area (Å²) in [6.07, 6.45) is 6.78. The van der Waals surface area contributed by atoms with E-state index in [0.29, 0.717) is 5.69 Å². The first-order chi connectivity index (χ1) is 7.74. The number of benzene rings is 1. The Morgan fingerprint density at radius 3 is 2.81 bits per heavy atom. The van der Waals surface area contributed by atoms with Gasteiger partial charge in [0.2, 0.25) is 0 Å². The first-order valence-electron chi connectivity index (χ1n) is 5.88. The van der Waals surface area contributed by atoms with Crippen LogP contribution < -0.4 is 5.73 Å². The Bertz CT molecular complexity index is 322. The molecule has 0 aliphatic rings. The van der Waals surface area contributed by atoms with E-state index in [-0.39, 0.29) is 6.10 Å². The molecule has 2 heteroatoms. The number of unbranched alkanes of at least 4 members (excludes halogenated alkanes) is 3. The van der Waals surface area contributed by atoms with E-state index in [4.69, 9.17) is 5.73 Å². The number of rotatable bonds is 7. The van der Waals surface area contributed by atoms with Crippen LogP contribution in [0.2, 0.25) is 0 Å². The molecule has 0 saturated carbocycles. The van der Waals surface area contributed by atoms with Gasteiger partial charge in [0, 0.05) is 5.69 Å². The summed E-state index contributed by atoms with van der Waals surface area (Å²) in [7, 11) is 0. The fourth-order valence-electron chi connectivity index (χ4n) is 1.74. The smallest absolute Gasteiger partial charge is 0.0790 e. The second-order valence-electron chi connectivity index (χ2n) is 4.11. The zero-order valence-electron chi connectivity index (χ0n) is 9.73.